The van der Waals surface area contributed by atoms with Crippen molar-refractivity contribution in [2.75, 3.05) is 26.3 Å². The normalized spacial score (nSPS) is 16.6. The number of likely N-dealkylation sites (tertiary alicyclic amines) is 1. The number of amides is 1. The third-order valence-corrected chi connectivity index (χ3v) is 4.44. The van der Waals surface area contributed by atoms with Gasteiger partial charge in [-0.3, -0.25) is 4.79 Å². The van der Waals surface area contributed by atoms with Gasteiger partial charge in [-0.05, 0) is 44.9 Å². The number of carboxylic acids is 1. The van der Waals surface area contributed by atoms with E-state index in [-0.39, 0.29) is 11.8 Å². The average molecular weight is 389 g/mol. The van der Waals surface area contributed by atoms with Crippen LogP contribution in [-0.4, -0.2) is 58.3 Å². The summed E-state index contributed by atoms with van der Waals surface area (Å²) < 4.78 is 16.0. The Morgan fingerprint density at radius 3 is 2.82 bits per heavy atom. The van der Waals surface area contributed by atoms with Crippen LogP contribution in [0.4, 0.5) is 0 Å². The van der Waals surface area contributed by atoms with Crippen molar-refractivity contribution in [1.82, 2.24) is 15.0 Å². The van der Waals surface area contributed by atoms with Gasteiger partial charge in [0.2, 0.25) is 5.89 Å². The monoisotopic (exact) mass is 389 g/mol. The maximum atomic E-state index is 13.0. The molecule has 28 heavy (non-hydrogen) atoms. The van der Waals surface area contributed by atoms with Crippen molar-refractivity contribution >= 4 is 11.9 Å². The minimum absolute atomic E-state index is 0.0171. The summed E-state index contributed by atoms with van der Waals surface area (Å²) in [7, 11) is 0. The van der Waals surface area contributed by atoms with Crippen molar-refractivity contribution in [3.05, 3.63) is 35.5 Å². The second-order valence-electron chi connectivity index (χ2n) is 6.55. The van der Waals surface area contributed by atoms with Gasteiger partial charge in [0.25, 0.3) is 5.91 Å². The van der Waals surface area contributed by atoms with Gasteiger partial charge in [-0.2, -0.15) is 4.98 Å². The molecule has 0 bridgehead atoms. The van der Waals surface area contributed by atoms with Gasteiger partial charge in [0, 0.05) is 18.7 Å². The van der Waals surface area contributed by atoms with Crippen molar-refractivity contribution in [3.8, 4) is 11.5 Å². The lowest BCUT2D eigenvalue weighted by atomic mass is 9.97. The van der Waals surface area contributed by atoms with Crippen molar-refractivity contribution in [3.63, 3.8) is 0 Å². The largest absolute Gasteiger partial charge is 0.490 e. The van der Waals surface area contributed by atoms with Gasteiger partial charge in [0.15, 0.2) is 23.9 Å². The Morgan fingerprint density at radius 2 is 2.14 bits per heavy atom. The Hall–Kier alpha value is -3.10. The number of piperidine rings is 1. The maximum Gasteiger partial charge on any atom is 0.341 e. The van der Waals surface area contributed by atoms with Crippen LogP contribution in [0.25, 0.3) is 0 Å². The van der Waals surface area contributed by atoms with Crippen LogP contribution in [0.2, 0.25) is 0 Å². The van der Waals surface area contributed by atoms with E-state index < -0.39 is 12.6 Å². The van der Waals surface area contributed by atoms with Gasteiger partial charge >= 0.3 is 5.97 Å². The van der Waals surface area contributed by atoms with Crippen molar-refractivity contribution in [2.24, 2.45) is 0 Å². The number of nitrogens with zero attached hydrogens (tertiary/aromatic N) is 3. The summed E-state index contributed by atoms with van der Waals surface area (Å²) in [4.78, 5) is 29.8. The lowest BCUT2D eigenvalue weighted by Gasteiger charge is -2.31. The van der Waals surface area contributed by atoms with Gasteiger partial charge in [0.05, 0.1) is 12.5 Å². The summed E-state index contributed by atoms with van der Waals surface area (Å²) in [6.45, 7) is 4.60. The summed E-state index contributed by atoms with van der Waals surface area (Å²) >= 11 is 0. The van der Waals surface area contributed by atoms with Crippen LogP contribution in [0.1, 0.15) is 47.8 Å². The summed E-state index contributed by atoms with van der Waals surface area (Å²) in [6, 6.07) is 4.76. The maximum absolute atomic E-state index is 13.0. The van der Waals surface area contributed by atoms with E-state index in [0.717, 1.165) is 12.8 Å². The van der Waals surface area contributed by atoms with Gasteiger partial charge in [-0.15, -0.1) is 0 Å². The molecular formula is C19H23N3O6. The van der Waals surface area contributed by atoms with Crippen LogP contribution >= 0.6 is 0 Å². The minimum atomic E-state index is -1.08. The number of carbonyl (C=O) groups excluding carboxylic acids is 1. The SMILES string of the molecule is CCOc1cc(C(=O)N2CCC[C@H](c3nc(C)no3)C2)ccc1OCC(=O)O. The Balaban J connectivity index is 1.75. The molecular weight excluding hydrogens is 366 g/mol. The molecule has 1 atom stereocenters. The zero-order chi connectivity index (χ0) is 20.1. The Morgan fingerprint density at radius 1 is 1.32 bits per heavy atom. The van der Waals surface area contributed by atoms with Crippen LogP contribution in [-0.2, 0) is 4.79 Å². The molecule has 9 heteroatoms. The molecule has 2 aromatic rings. The van der Waals surface area contributed by atoms with Gasteiger partial charge in [-0.25, -0.2) is 4.79 Å². The molecule has 1 aromatic heterocycles. The minimum Gasteiger partial charge on any atom is -0.490 e. The highest BCUT2D eigenvalue weighted by molar-refractivity contribution is 5.95. The standard InChI is InChI=1S/C19H23N3O6/c1-3-26-16-9-13(6-7-15(16)27-11-17(23)24)19(25)22-8-4-5-14(10-22)18-20-12(2)21-28-18/h6-7,9,14H,3-5,8,10-11H2,1-2H3,(H,23,24)/t14-/m0/s1. The number of rotatable bonds is 7. The van der Waals surface area contributed by atoms with Crippen molar-refractivity contribution in [2.45, 2.75) is 32.6 Å². The van der Waals surface area contributed by atoms with E-state index in [1.807, 2.05) is 0 Å². The van der Waals surface area contributed by atoms with Crippen molar-refractivity contribution < 1.29 is 28.7 Å². The van der Waals surface area contributed by atoms with E-state index in [9.17, 15) is 9.59 Å². The third kappa shape index (κ3) is 4.59. The van der Waals surface area contributed by atoms with E-state index in [0.29, 0.717) is 48.5 Å². The third-order valence-electron chi connectivity index (χ3n) is 4.44. The molecule has 1 aromatic carbocycles. The van der Waals surface area contributed by atoms with Gasteiger partial charge in [-0.1, -0.05) is 5.16 Å². The van der Waals surface area contributed by atoms with E-state index in [1.54, 1.807) is 36.9 Å². The number of benzene rings is 1. The number of aryl methyl sites for hydroxylation is 1. The molecule has 9 nitrogen and oxygen atoms in total. The first-order valence-electron chi connectivity index (χ1n) is 9.18. The smallest absolute Gasteiger partial charge is 0.341 e. The predicted molar refractivity (Wildman–Crippen MR) is 97.7 cm³/mol. The lowest BCUT2D eigenvalue weighted by molar-refractivity contribution is -0.139. The highest BCUT2D eigenvalue weighted by atomic mass is 16.5. The van der Waals surface area contributed by atoms with Gasteiger partial charge in [0.1, 0.15) is 0 Å². The fraction of sp³-hybridized carbons (Fsp3) is 0.474. The first kappa shape index (κ1) is 19.7. The molecule has 0 unspecified atom stereocenters. The highest BCUT2D eigenvalue weighted by Crippen LogP contribution is 2.31. The molecule has 0 saturated carbocycles. The molecule has 1 saturated heterocycles. The van der Waals surface area contributed by atoms with Crippen LogP contribution in [0.15, 0.2) is 22.7 Å². The molecule has 1 amide bonds. The van der Waals surface area contributed by atoms with Crippen molar-refractivity contribution in [1.29, 1.82) is 0 Å². The number of aromatic nitrogens is 2. The van der Waals surface area contributed by atoms with Crippen LogP contribution in [0, 0.1) is 6.92 Å². The number of hydrogen-bond acceptors (Lipinski definition) is 7. The molecule has 150 valence electrons. The molecule has 1 aliphatic rings. The van der Waals surface area contributed by atoms with E-state index >= 15 is 0 Å². The molecule has 2 heterocycles. The topological polar surface area (TPSA) is 115 Å². The van der Waals surface area contributed by atoms with E-state index in [1.165, 1.54) is 0 Å². The van der Waals surface area contributed by atoms with Crippen LogP contribution < -0.4 is 9.47 Å². The van der Waals surface area contributed by atoms with E-state index in [4.69, 9.17) is 19.1 Å². The summed E-state index contributed by atoms with van der Waals surface area (Å²) in [5, 5.41) is 12.6. The fourth-order valence-corrected chi connectivity index (χ4v) is 3.19. The molecule has 0 aliphatic carbocycles. The van der Waals surface area contributed by atoms with Crippen LogP contribution in [0.3, 0.4) is 0 Å². The first-order valence-corrected chi connectivity index (χ1v) is 9.18. The zero-order valence-corrected chi connectivity index (χ0v) is 15.9. The molecule has 0 spiro atoms. The predicted octanol–water partition coefficient (Wildman–Crippen LogP) is 2.26. The zero-order valence-electron chi connectivity index (χ0n) is 15.9. The Labute approximate surface area is 162 Å². The average Bonchev–Trinajstić information content (AvgIpc) is 3.13. The van der Waals surface area contributed by atoms with Crippen LogP contribution in [0.5, 0.6) is 11.5 Å². The molecule has 1 aliphatic heterocycles. The molecule has 3 rings (SSSR count). The quantitative estimate of drug-likeness (QED) is 0.767. The second-order valence-corrected chi connectivity index (χ2v) is 6.55. The Kier molecular flexibility index (Phi) is 6.13. The number of carboxylic acid groups (broad SMARTS) is 1. The number of ether oxygens (including phenoxy) is 2. The summed E-state index contributed by atoms with van der Waals surface area (Å²) in [6.07, 6.45) is 1.73. The molecule has 0 radical (unpaired) electrons. The first-order chi connectivity index (χ1) is 13.5. The fourth-order valence-electron chi connectivity index (χ4n) is 3.19. The van der Waals surface area contributed by atoms with Gasteiger partial charge < -0.3 is 24.0 Å². The summed E-state index contributed by atoms with van der Waals surface area (Å²) in [5.41, 5.74) is 0.452. The lowest BCUT2D eigenvalue weighted by Crippen LogP contribution is -2.39. The number of carbonyl (C=O) groups is 2. The number of hydrogen-bond donors (Lipinski definition) is 1. The Bertz CT molecular complexity index is 850. The number of aliphatic carboxylic acids is 1. The molecule has 1 N–H and O–H groups in total. The van der Waals surface area contributed by atoms with E-state index in [2.05, 4.69) is 10.1 Å². The second kappa shape index (κ2) is 8.73. The summed E-state index contributed by atoms with van der Waals surface area (Å²) in [5.74, 6) is 0.571. The molecule has 1 fully saturated rings. The highest BCUT2D eigenvalue weighted by Gasteiger charge is 2.29.